The molecule has 0 spiro atoms. The van der Waals surface area contributed by atoms with Crippen LogP contribution in [-0.2, 0) is 11.8 Å². The monoisotopic (exact) mass is 291 g/mol. The molecule has 0 radical (unpaired) electrons. The van der Waals surface area contributed by atoms with Crippen LogP contribution in [0, 0.1) is 0 Å². The van der Waals surface area contributed by atoms with Crippen LogP contribution in [0.25, 0.3) is 0 Å². The van der Waals surface area contributed by atoms with Gasteiger partial charge in [0.05, 0.1) is 6.61 Å². The van der Waals surface area contributed by atoms with Gasteiger partial charge in [-0.25, -0.2) is 0 Å². The number of aromatic nitrogens is 1. The fraction of sp³-hybridized carbons (Fsp3) is 0.214. The minimum Gasteiger partial charge on any atom is -0.493 e. The molecule has 0 aliphatic rings. The first-order valence-corrected chi connectivity index (χ1v) is 6.69. The third-order valence-electron chi connectivity index (χ3n) is 2.46. The van der Waals surface area contributed by atoms with Crippen LogP contribution in [0.15, 0.2) is 48.7 Å². The topological polar surface area (TPSA) is 22.1 Å². The predicted octanol–water partition coefficient (Wildman–Crippen LogP) is 3.60. The molecule has 0 aliphatic heterocycles. The van der Waals surface area contributed by atoms with Crippen LogP contribution in [0.1, 0.15) is 11.3 Å². The number of halogens is 1. The number of pyridine rings is 1. The molecular weight excluding hydrogens is 278 g/mol. The first-order valence-electron chi connectivity index (χ1n) is 5.56. The lowest BCUT2D eigenvalue weighted by Crippen LogP contribution is -2.03. The van der Waals surface area contributed by atoms with Gasteiger partial charge in [-0.2, -0.15) is 0 Å². The molecule has 17 heavy (non-hydrogen) atoms. The van der Waals surface area contributed by atoms with Crippen molar-refractivity contribution < 1.29 is 4.74 Å². The van der Waals surface area contributed by atoms with Crippen molar-refractivity contribution in [2.24, 2.45) is 0 Å². The Labute approximate surface area is 110 Å². The zero-order valence-electron chi connectivity index (χ0n) is 9.47. The Balaban J connectivity index is 1.90. The summed E-state index contributed by atoms with van der Waals surface area (Å²) >= 11 is 3.45. The number of ether oxygens (including phenoxy) is 1. The molecule has 1 heterocycles. The number of alkyl halides is 1. The summed E-state index contributed by atoms with van der Waals surface area (Å²) in [7, 11) is 0. The lowest BCUT2D eigenvalue weighted by Gasteiger charge is -2.09. The van der Waals surface area contributed by atoms with Crippen molar-refractivity contribution in [2.75, 3.05) is 6.61 Å². The average Bonchev–Trinajstić information content (AvgIpc) is 2.40. The van der Waals surface area contributed by atoms with Gasteiger partial charge in [-0.05, 0) is 18.2 Å². The maximum absolute atomic E-state index is 5.76. The van der Waals surface area contributed by atoms with E-state index in [0.29, 0.717) is 6.61 Å². The van der Waals surface area contributed by atoms with Crippen molar-refractivity contribution in [3.05, 3.63) is 59.9 Å². The van der Waals surface area contributed by atoms with E-state index in [1.807, 2.05) is 42.6 Å². The van der Waals surface area contributed by atoms with Gasteiger partial charge in [-0.3, -0.25) is 4.98 Å². The molecule has 0 saturated heterocycles. The number of para-hydroxylation sites is 1. The van der Waals surface area contributed by atoms with E-state index in [1.165, 1.54) is 5.56 Å². The molecule has 0 bridgehead atoms. The van der Waals surface area contributed by atoms with Crippen LogP contribution >= 0.6 is 15.9 Å². The average molecular weight is 292 g/mol. The minimum absolute atomic E-state index is 0.654. The summed E-state index contributed by atoms with van der Waals surface area (Å²) in [6.45, 7) is 0.654. The van der Waals surface area contributed by atoms with Gasteiger partial charge in [-0.1, -0.05) is 40.2 Å². The van der Waals surface area contributed by atoms with Crippen molar-refractivity contribution in [2.45, 2.75) is 11.8 Å². The molecule has 1 aromatic heterocycles. The fourth-order valence-corrected chi connectivity index (χ4v) is 2.03. The summed E-state index contributed by atoms with van der Waals surface area (Å²) in [5.41, 5.74) is 2.23. The van der Waals surface area contributed by atoms with E-state index in [1.54, 1.807) is 0 Å². The van der Waals surface area contributed by atoms with E-state index < -0.39 is 0 Å². The molecule has 88 valence electrons. The minimum atomic E-state index is 0.654. The molecule has 0 atom stereocenters. The molecule has 1 aromatic carbocycles. The Bertz CT molecular complexity index is 459. The van der Waals surface area contributed by atoms with Gasteiger partial charge in [0.2, 0.25) is 0 Å². The number of benzene rings is 1. The Hall–Kier alpha value is -1.35. The van der Waals surface area contributed by atoms with Crippen molar-refractivity contribution in [3.8, 4) is 5.75 Å². The third kappa shape index (κ3) is 3.56. The van der Waals surface area contributed by atoms with E-state index in [4.69, 9.17) is 4.74 Å². The maximum Gasteiger partial charge on any atom is 0.123 e. The molecule has 0 fully saturated rings. The largest absolute Gasteiger partial charge is 0.493 e. The third-order valence-corrected chi connectivity index (χ3v) is 3.06. The van der Waals surface area contributed by atoms with Gasteiger partial charge in [0.1, 0.15) is 5.75 Å². The molecule has 0 N–H and O–H groups in total. The molecule has 2 aromatic rings. The molecule has 2 nitrogen and oxygen atoms in total. The first-order chi connectivity index (χ1) is 8.40. The fourth-order valence-electron chi connectivity index (χ4n) is 1.57. The van der Waals surface area contributed by atoms with Crippen LogP contribution in [-0.4, -0.2) is 11.6 Å². The highest BCUT2D eigenvalue weighted by atomic mass is 79.9. The van der Waals surface area contributed by atoms with Gasteiger partial charge in [0.15, 0.2) is 0 Å². The normalized spacial score (nSPS) is 10.2. The van der Waals surface area contributed by atoms with Crippen LogP contribution in [0.5, 0.6) is 5.75 Å². The van der Waals surface area contributed by atoms with Crippen LogP contribution in [0.4, 0.5) is 0 Å². The van der Waals surface area contributed by atoms with Crippen LogP contribution in [0.3, 0.4) is 0 Å². The molecular formula is C14H14BrNO. The smallest absolute Gasteiger partial charge is 0.123 e. The Kier molecular flexibility index (Phi) is 4.56. The predicted molar refractivity (Wildman–Crippen MR) is 72.5 cm³/mol. The molecule has 0 aliphatic carbocycles. The lowest BCUT2D eigenvalue weighted by molar-refractivity contribution is 0.318. The van der Waals surface area contributed by atoms with Gasteiger partial charge >= 0.3 is 0 Å². The van der Waals surface area contributed by atoms with E-state index in [0.717, 1.165) is 23.2 Å². The lowest BCUT2D eigenvalue weighted by atomic mass is 10.2. The number of hydrogen-bond donors (Lipinski definition) is 0. The van der Waals surface area contributed by atoms with Crippen molar-refractivity contribution >= 4 is 15.9 Å². The van der Waals surface area contributed by atoms with Gasteiger partial charge in [0.25, 0.3) is 0 Å². The van der Waals surface area contributed by atoms with Gasteiger partial charge in [-0.15, -0.1) is 0 Å². The molecule has 2 rings (SSSR count). The summed E-state index contributed by atoms with van der Waals surface area (Å²) in [6, 6.07) is 14.0. The second kappa shape index (κ2) is 6.40. The number of nitrogens with zero attached hydrogens (tertiary/aromatic N) is 1. The van der Waals surface area contributed by atoms with Crippen LogP contribution in [0.2, 0.25) is 0 Å². The quantitative estimate of drug-likeness (QED) is 0.786. The van der Waals surface area contributed by atoms with Crippen LogP contribution < -0.4 is 4.74 Å². The number of hydrogen-bond acceptors (Lipinski definition) is 2. The second-order valence-corrected chi connectivity index (χ2v) is 4.22. The van der Waals surface area contributed by atoms with Gasteiger partial charge < -0.3 is 4.74 Å². The molecule has 0 amide bonds. The summed E-state index contributed by atoms with van der Waals surface area (Å²) in [4.78, 5) is 4.26. The summed E-state index contributed by atoms with van der Waals surface area (Å²) in [5.74, 6) is 0.945. The maximum atomic E-state index is 5.76. The molecule has 3 heteroatoms. The Morgan fingerprint density at radius 1 is 1.06 bits per heavy atom. The summed E-state index contributed by atoms with van der Waals surface area (Å²) in [5, 5.41) is 0.812. The highest BCUT2D eigenvalue weighted by molar-refractivity contribution is 9.08. The Morgan fingerprint density at radius 3 is 2.65 bits per heavy atom. The van der Waals surface area contributed by atoms with Crippen molar-refractivity contribution in [1.29, 1.82) is 0 Å². The zero-order chi connectivity index (χ0) is 11.9. The van der Waals surface area contributed by atoms with E-state index in [-0.39, 0.29) is 0 Å². The highest BCUT2D eigenvalue weighted by Crippen LogP contribution is 2.20. The molecule has 0 unspecified atom stereocenters. The van der Waals surface area contributed by atoms with E-state index >= 15 is 0 Å². The standard InChI is InChI=1S/C14H14BrNO/c15-11-12-5-1-2-7-14(12)17-10-8-13-6-3-4-9-16-13/h1-7,9H,8,10-11H2. The van der Waals surface area contributed by atoms with Gasteiger partial charge in [0, 0.05) is 29.2 Å². The number of rotatable bonds is 5. The van der Waals surface area contributed by atoms with E-state index in [2.05, 4.69) is 27.0 Å². The molecule has 0 saturated carbocycles. The second-order valence-electron chi connectivity index (χ2n) is 3.66. The summed E-state index contributed by atoms with van der Waals surface area (Å²) < 4.78 is 5.76. The zero-order valence-corrected chi connectivity index (χ0v) is 11.1. The first kappa shape index (κ1) is 12.1. The van der Waals surface area contributed by atoms with Crippen molar-refractivity contribution in [1.82, 2.24) is 4.98 Å². The Morgan fingerprint density at radius 2 is 1.88 bits per heavy atom. The van der Waals surface area contributed by atoms with Crippen molar-refractivity contribution in [3.63, 3.8) is 0 Å². The SMILES string of the molecule is BrCc1ccccc1OCCc1ccccn1. The summed E-state index contributed by atoms with van der Waals surface area (Å²) in [6.07, 6.45) is 2.64. The highest BCUT2D eigenvalue weighted by Gasteiger charge is 2.01. The van der Waals surface area contributed by atoms with E-state index in [9.17, 15) is 0 Å².